The van der Waals surface area contributed by atoms with Gasteiger partial charge in [-0.15, -0.1) is 0 Å². The van der Waals surface area contributed by atoms with Crippen molar-refractivity contribution in [3.8, 4) is 0 Å². The lowest BCUT2D eigenvalue weighted by Crippen LogP contribution is -2.06. The molecule has 100 valence electrons. The van der Waals surface area contributed by atoms with Crippen molar-refractivity contribution in [2.75, 3.05) is 5.32 Å². The molecule has 1 aromatic heterocycles. The second-order valence-electron chi connectivity index (χ2n) is 4.68. The Bertz CT molecular complexity index is 725. The Morgan fingerprint density at radius 1 is 0.950 bits per heavy atom. The van der Waals surface area contributed by atoms with Gasteiger partial charge in [0, 0.05) is 27.7 Å². The first-order valence-electron chi connectivity index (χ1n) is 6.45. The van der Waals surface area contributed by atoms with E-state index in [2.05, 4.69) is 69.1 Å². The highest BCUT2D eigenvalue weighted by Crippen LogP contribution is 2.22. The van der Waals surface area contributed by atoms with Crippen LogP contribution in [0.3, 0.4) is 0 Å². The number of nitrogens with zero attached hydrogens (tertiary/aromatic N) is 2. The Morgan fingerprint density at radius 2 is 1.65 bits per heavy atom. The van der Waals surface area contributed by atoms with Gasteiger partial charge in [-0.3, -0.25) is 9.97 Å². The van der Waals surface area contributed by atoms with E-state index in [0.29, 0.717) is 0 Å². The maximum Gasteiger partial charge on any atom is 0.0907 e. The molecule has 3 rings (SSSR count). The highest BCUT2D eigenvalue weighted by molar-refractivity contribution is 14.1. The summed E-state index contributed by atoms with van der Waals surface area (Å²) in [5, 5.41) is 3.50. The molecule has 0 aliphatic heterocycles. The standard InChI is InChI=1S/C16H14IN3/c1-11(12-2-4-13(17)5-3-12)20-14-6-7-15-16(10-14)19-9-8-18-15/h2-11,20H,1H3. The van der Waals surface area contributed by atoms with Crippen LogP contribution >= 0.6 is 22.6 Å². The lowest BCUT2D eigenvalue weighted by molar-refractivity contribution is 0.884. The molecule has 4 heteroatoms. The van der Waals surface area contributed by atoms with Crippen molar-refractivity contribution in [1.29, 1.82) is 0 Å². The predicted molar refractivity (Wildman–Crippen MR) is 90.7 cm³/mol. The van der Waals surface area contributed by atoms with Gasteiger partial charge in [-0.25, -0.2) is 0 Å². The normalized spacial score (nSPS) is 12.3. The molecule has 3 nitrogen and oxygen atoms in total. The number of aromatic nitrogens is 2. The van der Waals surface area contributed by atoms with E-state index in [1.807, 2.05) is 18.2 Å². The van der Waals surface area contributed by atoms with Crippen LogP contribution in [0.4, 0.5) is 5.69 Å². The second-order valence-corrected chi connectivity index (χ2v) is 5.92. The topological polar surface area (TPSA) is 37.8 Å². The zero-order valence-electron chi connectivity index (χ0n) is 11.0. The van der Waals surface area contributed by atoms with Crippen LogP contribution in [0.15, 0.2) is 54.9 Å². The number of benzene rings is 2. The van der Waals surface area contributed by atoms with E-state index in [4.69, 9.17) is 0 Å². The summed E-state index contributed by atoms with van der Waals surface area (Å²) in [6.45, 7) is 2.16. The largest absolute Gasteiger partial charge is 0.378 e. The van der Waals surface area contributed by atoms with Crippen LogP contribution in [-0.4, -0.2) is 9.97 Å². The fraction of sp³-hybridized carbons (Fsp3) is 0.125. The van der Waals surface area contributed by atoms with Crippen LogP contribution in [0.2, 0.25) is 0 Å². The smallest absolute Gasteiger partial charge is 0.0907 e. The Morgan fingerprint density at radius 3 is 2.40 bits per heavy atom. The van der Waals surface area contributed by atoms with Gasteiger partial charge >= 0.3 is 0 Å². The van der Waals surface area contributed by atoms with Gasteiger partial charge < -0.3 is 5.32 Å². The first-order chi connectivity index (χ1) is 9.72. The van der Waals surface area contributed by atoms with Crippen LogP contribution in [0.1, 0.15) is 18.5 Å². The van der Waals surface area contributed by atoms with Crippen molar-refractivity contribution >= 4 is 39.3 Å². The number of halogens is 1. The molecule has 0 aliphatic rings. The van der Waals surface area contributed by atoms with Crippen molar-refractivity contribution < 1.29 is 0 Å². The molecule has 1 atom stereocenters. The zero-order valence-corrected chi connectivity index (χ0v) is 13.2. The van der Waals surface area contributed by atoms with E-state index in [-0.39, 0.29) is 6.04 Å². The van der Waals surface area contributed by atoms with Gasteiger partial charge in [0.1, 0.15) is 0 Å². The lowest BCUT2D eigenvalue weighted by Gasteiger charge is -2.16. The summed E-state index contributed by atoms with van der Waals surface area (Å²) < 4.78 is 1.25. The summed E-state index contributed by atoms with van der Waals surface area (Å²) in [4.78, 5) is 8.61. The third-order valence-electron chi connectivity index (χ3n) is 3.22. The molecule has 0 amide bonds. The molecule has 0 bridgehead atoms. The van der Waals surface area contributed by atoms with E-state index in [1.165, 1.54) is 9.13 Å². The Balaban J connectivity index is 1.83. The molecule has 20 heavy (non-hydrogen) atoms. The number of rotatable bonds is 3. The average molecular weight is 375 g/mol. The molecule has 3 aromatic rings. The minimum absolute atomic E-state index is 0.251. The monoisotopic (exact) mass is 375 g/mol. The molecule has 0 saturated heterocycles. The highest BCUT2D eigenvalue weighted by atomic mass is 127. The third-order valence-corrected chi connectivity index (χ3v) is 3.94. The Hall–Kier alpha value is -1.69. The van der Waals surface area contributed by atoms with Crippen LogP contribution < -0.4 is 5.32 Å². The predicted octanol–water partition coefficient (Wildman–Crippen LogP) is 4.41. The van der Waals surface area contributed by atoms with Crippen molar-refractivity contribution in [2.45, 2.75) is 13.0 Å². The molecule has 2 aromatic carbocycles. The first kappa shape index (κ1) is 13.3. The second kappa shape index (κ2) is 5.75. The van der Waals surface area contributed by atoms with Gasteiger partial charge in [-0.2, -0.15) is 0 Å². The van der Waals surface area contributed by atoms with Gasteiger partial charge in [-0.1, -0.05) is 12.1 Å². The van der Waals surface area contributed by atoms with Crippen LogP contribution in [-0.2, 0) is 0 Å². The van der Waals surface area contributed by atoms with Gasteiger partial charge in [0.15, 0.2) is 0 Å². The molecule has 1 heterocycles. The van der Waals surface area contributed by atoms with Crippen molar-refractivity contribution in [1.82, 2.24) is 9.97 Å². The minimum atomic E-state index is 0.251. The fourth-order valence-electron chi connectivity index (χ4n) is 2.14. The van der Waals surface area contributed by atoms with Crippen LogP contribution in [0.25, 0.3) is 11.0 Å². The van der Waals surface area contributed by atoms with Crippen molar-refractivity contribution in [2.24, 2.45) is 0 Å². The maximum absolute atomic E-state index is 4.33. The van der Waals surface area contributed by atoms with E-state index >= 15 is 0 Å². The summed E-state index contributed by atoms with van der Waals surface area (Å²) in [7, 11) is 0. The SMILES string of the molecule is CC(Nc1ccc2nccnc2c1)c1ccc(I)cc1. The molecule has 0 fully saturated rings. The molecule has 1 unspecified atom stereocenters. The summed E-state index contributed by atoms with van der Waals surface area (Å²) in [5.74, 6) is 0. The van der Waals surface area contributed by atoms with Crippen LogP contribution in [0.5, 0.6) is 0 Å². The number of hydrogen-bond acceptors (Lipinski definition) is 3. The number of fused-ring (bicyclic) bond motifs is 1. The van der Waals surface area contributed by atoms with Crippen molar-refractivity contribution in [3.05, 3.63) is 64.0 Å². The Kier molecular flexibility index (Phi) is 3.82. The summed E-state index contributed by atoms with van der Waals surface area (Å²) in [6, 6.07) is 14.9. The summed E-state index contributed by atoms with van der Waals surface area (Å²) >= 11 is 2.32. The molecule has 0 aliphatic carbocycles. The van der Waals surface area contributed by atoms with E-state index in [1.54, 1.807) is 12.4 Å². The third kappa shape index (κ3) is 2.90. The number of hydrogen-bond donors (Lipinski definition) is 1. The van der Waals surface area contributed by atoms with Gasteiger partial charge in [0.2, 0.25) is 0 Å². The van der Waals surface area contributed by atoms with Gasteiger partial charge in [-0.05, 0) is 65.4 Å². The minimum Gasteiger partial charge on any atom is -0.378 e. The zero-order chi connectivity index (χ0) is 13.9. The number of nitrogens with one attached hydrogen (secondary N) is 1. The van der Waals surface area contributed by atoms with Gasteiger partial charge in [0.05, 0.1) is 11.0 Å². The molecule has 0 spiro atoms. The molecule has 0 radical (unpaired) electrons. The average Bonchev–Trinajstić information content (AvgIpc) is 2.48. The van der Waals surface area contributed by atoms with E-state index in [9.17, 15) is 0 Å². The summed E-state index contributed by atoms with van der Waals surface area (Å²) in [5.41, 5.74) is 4.15. The molecular weight excluding hydrogens is 361 g/mol. The van der Waals surface area contributed by atoms with E-state index < -0.39 is 0 Å². The molecule has 0 saturated carbocycles. The first-order valence-corrected chi connectivity index (χ1v) is 7.53. The fourth-order valence-corrected chi connectivity index (χ4v) is 2.50. The quantitative estimate of drug-likeness (QED) is 0.690. The summed E-state index contributed by atoms with van der Waals surface area (Å²) in [6.07, 6.45) is 3.43. The van der Waals surface area contributed by atoms with Crippen LogP contribution in [0, 0.1) is 3.57 Å². The lowest BCUT2D eigenvalue weighted by atomic mass is 10.1. The molecule has 1 N–H and O–H groups in total. The number of anilines is 1. The Labute approximate surface area is 131 Å². The highest BCUT2D eigenvalue weighted by Gasteiger charge is 2.06. The van der Waals surface area contributed by atoms with Crippen molar-refractivity contribution in [3.63, 3.8) is 0 Å². The van der Waals surface area contributed by atoms with E-state index in [0.717, 1.165) is 16.7 Å². The maximum atomic E-state index is 4.33. The van der Waals surface area contributed by atoms with Gasteiger partial charge in [0.25, 0.3) is 0 Å². The molecular formula is C16H14IN3.